The van der Waals surface area contributed by atoms with Crippen LogP contribution in [-0.4, -0.2) is 30.1 Å². The summed E-state index contributed by atoms with van der Waals surface area (Å²) in [5.74, 6) is -1.19. The Kier molecular flexibility index (Phi) is 6.18. The van der Waals surface area contributed by atoms with Gasteiger partial charge in [-0.15, -0.1) is 0 Å². The van der Waals surface area contributed by atoms with E-state index in [0.717, 1.165) is 0 Å². The molecule has 1 aromatic rings. The zero-order valence-corrected chi connectivity index (χ0v) is 12.0. The monoisotopic (exact) mass is 279 g/mol. The molecule has 0 aliphatic heterocycles. The topological polar surface area (TPSA) is 75.6 Å². The van der Waals surface area contributed by atoms with Gasteiger partial charge in [0.05, 0.1) is 7.11 Å². The molecule has 20 heavy (non-hydrogen) atoms. The molecule has 0 saturated carbocycles. The summed E-state index contributed by atoms with van der Waals surface area (Å²) in [7, 11) is 1.28. The molecule has 5 heteroatoms. The fourth-order valence-electron chi connectivity index (χ4n) is 1.82. The highest BCUT2D eigenvalue weighted by molar-refractivity contribution is 5.87. The summed E-state index contributed by atoms with van der Waals surface area (Å²) in [6, 6.07) is 7.82. The molecule has 0 aromatic heterocycles. The van der Waals surface area contributed by atoms with Crippen LogP contribution in [0, 0.1) is 5.92 Å². The number of amides is 1. The summed E-state index contributed by atoms with van der Waals surface area (Å²) in [6.07, 6.45) is -0.589. The maximum atomic E-state index is 12.0. The highest BCUT2D eigenvalue weighted by Gasteiger charge is 2.29. The first-order valence-corrected chi connectivity index (χ1v) is 6.62. The van der Waals surface area contributed by atoms with Crippen molar-refractivity contribution in [3.05, 3.63) is 35.9 Å². The zero-order valence-electron chi connectivity index (χ0n) is 12.0. The molecule has 0 bridgehead atoms. The number of aliphatic hydroxyl groups excluding tert-OH is 1. The number of hydrogen-bond acceptors (Lipinski definition) is 4. The van der Waals surface area contributed by atoms with E-state index in [-0.39, 0.29) is 5.92 Å². The third-order valence-corrected chi connectivity index (χ3v) is 3.33. The summed E-state index contributed by atoms with van der Waals surface area (Å²) >= 11 is 0. The Balaban J connectivity index is 2.78. The number of methoxy groups -OCH3 is 1. The smallest absolute Gasteiger partial charge is 0.328 e. The van der Waals surface area contributed by atoms with Gasteiger partial charge in [-0.3, -0.25) is 4.79 Å². The second-order valence-corrected chi connectivity index (χ2v) is 4.71. The number of nitrogens with one attached hydrogen (secondary N) is 1. The molecule has 0 saturated heterocycles. The molecule has 0 fully saturated rings. The van der Waals surface area contributed by atoms with Crippen LogP contribution in [0.4, 0.5) is 0 Å². The minimum atomic E-state index is -1.30. The van der Waals surface area contributed by atoms with Gasteiger partial charge < -0.3 is 15.2 Å². The predicted octanol–water partition coefficient (Wildman–Crippen LogP) is 1.42. The molecule has 1 aromatic carbocycles. The molecule has 3 atom stereocenters. The quantitative estimate of drug-likeness (QED) is 0.772. The van der Waals surface area contributed by atoms with Crippen LogP contribution in [0.15, 0.2) is 30.3 Å². The number of rotatable bonds is 6. The van der Waals surface area contributed by atoms with Crippen molar-refractivity contribution in [3.63, 3.8) is 0 Å². The Bertz CT molecular complexity index is 446. The molecule has 2 N–H and O–H groups in total. The van der Waals surface area contributed by atoms with Gasteiger partial charge in [0.25, 0.3) is 5.91 Å². The molecule has 0 aliphatic carbocycles. The van der Waals surface area contributed by atoms with Crippen LogP contribution in [-0.2, 0) is 14.3 Å². The zero-order chi connectivity index (χ0) is 15.1. The summed E-state index contributed by atoms with van der Waals surface area (Å²) in [6.45, 7) is 3.76. The highest BCUT2D eigenvalue weighted by Crippen LogP contribution is 2.15. The summed E-state index contributed by atoms with van der Waals surface area (Å²) < 4.78 is 4.69. The van der Waals surface area contributed by atoms with Crippen LogP contribution in [0.5, 0.6) is 0 Å². The lowest BCUT2D eigenvalue weighted by Crippen LogP contribution is -2.47. The minimum absolute atomic E-state index is 0.0747. The Morgan fingerprint density at radius 1 is 1.30 bits per heavy atom. The molecular formula is C15H21NO4. The molecule has 0 radical (unpaired) electrons. The van der Waals surface area contributed by atoms with Gasteiger partial charge in [-0.1, -0.05) is 50.6 Å². The average molecular weight is 279 g/mol. The van der Waals surface area contributed by atoms with E-state index in [0.29, 0.717) is 12.0 Å². The Morgan fingerprint density at radius 3 is 2.40 bits per heavy atom. The molecule has 5 nitrogen and oxygen atoms in total. The van der Waals surface area contributed by atoms with E-state index in [1.807, 2.05) is 13.8 Å². The lowest BCUT2D eigenvalue weighted by Gasteiger charge is -2.23. The van der Waals surface area contributed by atoms with E-state index >= 15 is 0 Å². The van der Waals surface area contributed by atoms with Gasteiger partial charge in [-0.25, -0.2) is 4.79 Å². The maximum Gasteiger partial charge on any atom is 0.328 e. The van der Waals surface area contributed by atoms with Crippen LogP contribution >= 0.6 is 0 Å². The highest BCUT2D eigenvalue weighted by atomic mass is 16.5. The van der Waals surface area contributed by atoms with E-state index in [9.17, 15) is 14.7 Å². The second-order valence-electron chi connectivity index (χ2n) is 4.71. The van der Waals surface area contributed by atoms with Gasteiger partial charge >= 0.3 is 5.97 Å². The molecule has 0 heterocycles. The van der Waals surface area contributed by atoms with Crippen molar-refractivity contribution in [2.45, 2.75) is 32.4 Å². The van der Waals surface area contributed by atoms with Gasteiger partial charge in [0.15, 0.2) is 6.10 Å². The van der Waals surface area contributed by atoms with Crippen molar-refractivity contribution in [1.29, 1.82) is 0 Å². The number of aliphatic hydroxyl groups is 1. The predicted molar refractivity (Wildman–Crippen MR) is 74.8 cm³/mol. The van der Waals surface area contributed by atoms with Gasteiger partial charge in [0.1, 0.15) is 6.04 Å². The van der Waals surface area contributed by atoms with Crippen molar-refractivity contribution in [1.82, 2.24) is 5.32 Å². The van der Waals surface area contributed by atoms with Gasteiger partial charge in [0, 0.05) is 0 Å². The van der Waals surface area contributed by atoms with Crippen LogP contribution in [0.2, 0.25) is 0 Å². The molecule has 0 aliphatic rings. The minimum Gasteiger partial charge on any atom is -0.467 e. The molecule has 1 amide bonds. The van der Waals surface area contributed by atoms with E-state index < -0.39 is 24.0 Å². The van der Waals surface area contributed by atoms with E-state index in [1.165, 1.54) is 7.11 Å². The van der Waals surface area contributed by atoms with Crippen LogP contribution in [0.3, 0.4) is 0 Å². The fraction of sp³-hybridized carbons (Fsp3) is 0.467. The second kappa shape index (κ2) is 7.65. The Morgan fingerprint density at radius 2 is 1.90 bits per heavy atom. The van der Waals surface area contributed by atoms with Crippen LogP contribution in [0.1, 0.15) is 31.9 Å². The third-order valence-electron chi connectivity index (χ3n) is 3.33. The molecular weight excluding hydrogens is 258 g/mol. The molecule has 110 valence electrons. The number of hydrogen-bond donors (Lipinski definition) is 2. The number of carbonyl (C=O) groups is 2. The average Bonchev–Trinajstić information content (AvgIpc) is 2.50. The molecule has 1 rings (SSSR count). The number of ether oxygens (including phenoxy) is 1. The normalized spacial score (nSPS) is 15.0. The first-order valence-electron chi connectivity index (χ1n) is 6.62. The largest absolute Gasteiger partial charge is 0.467 e. The first-order chi connectivity index (χ1) is 9.51. The SMILES string of the molecule is CC[C@H](C)[C@H](NC(=O)[C@@H](O)c1ccccc1)C(=O)OC. The van der Waals surface area contributed by atoms with E-state index in [1.54, 1.807) is 30.3 Å². The molecule has 0 unspecified atom stereocenters. The first kappa shape index (κ1) is 16.2. The van der Waals surface area contributed by atoms with Crippen molar-refractivity contribution < 1.29 is 19.4 Å². The Hall–Kier alpha value is -1.88. The Labute approximate surface area is 118 Å². The summed E-state index contributed by atoms with van der Waals surface area (Å²) in [4.78, 5) is 23.7. The van der Waals surface area contributed by atoms with Gasteiger partial charge in [-0.2, -0.15) is 0 Å². The number of carbonyl (C=O) groups excluding carboxylic acids is 2. The standard InChI is InChI=1S/C15H21NO4/c1-4-10(2)12(15(19)20-3)16-14(18)13(17)11-8-6-5-7-9-11/h5-10,12-13,17H,4H2,1-3H3,(H,16,18)/t10-,12-,13-/m0/s1. The van der Waals surface area contributed by atoms with Crippen molar-refractivity contribution in [3.8, 4) is 0 Å². The fourth-order valence-corrected chi connectivity index (χ4v) is 1.82. The third kappa shape index (κ3) is 4.06. The summed E-state index contributed by atoms with van der Waals surface area (Å²) in [5.41, 5.74) is 0.484. The van der Waals surface area contributed by atoms with Crippen molar-refractivity contribution in [2.75, 3.05) is 7.11 Å². The number of esters is 1. The van der Waals surface area contributed by atoms with Crippen LogP contribution in [0.25, 0.3) is 0 Å². The lowest BCUT2D eigenvalue weighted by atomic mass is 9.98. The maximum absolute atomic E-state index is 12.0. The van der Waals surface area contributed by atoms with Gasteiger partial charge in [0.2, 0.25) is 0 Å². The summed E-state index contributed by atoms with van der Waals surface area (Å²) in [5, 5.41) is 12.5. The number of benzene rings is 1. The van der Waals surface area contributed by atoms with Gasteiger partial charge in [-0.05, 0) is 11.5 Å². The lowest BCUT2D eigenvalue weighted by molar-refractivity contribution is -0.148. The van der Waals surface area contributed by atoms with Crippen molar-refractivity contribution >= 4 is 11.9 Å². The van der Waals surface area contributed by atoms with E-state index in [4.69, 9.17) is 0 Å². The molecule has 0 spiro atoms. The van der Waals surface area contributed by atoms with E-state index in [2.05, 4.69) is 10.1 Å². The van der Waals surface area contributed by atoms with Crippen molar-refractivity contribution in [2.24, 2.45) is 5.92 Å². The van der Waals surface area contributed by atoms with Crippen LogP contribution < -0.4 is 5.32 Å².